The van der Waals surface area contributed by atoms with E-state index in [0.717, 1.165) is 19.3 Å². The lowest BCUT2D eigenvalue weighted by Crippen LogP contribution is -2.29. The fraction of sp³-hybridized carbons (Fsp3) is 0.750. The van der Waals surface area contributed by atoms with Crippen molar-refractivity contribution in [2.45, 2.75) is 77.7 Å². The first-order valence-corrected chi connectivity index (χ1v) is 7.70. The highest BCUT2D eigenvalue weighted by Crippen LogP contribution is 2.24. The van der Waals surface area contributed by atoms with Crippen molar-refractivity contribution in [2.75, 3.05) is 0 Å². The van der Waals surface area contributed by atoms with E-state index in [1.54, 1.807) is 0 Å². The van der Waals surface area contributed by atoms with Crippen molar-refractivity contribution in [2.24, 2.45) is 0 Å². The molecule has 1 heterocycles. The molecule has 0 saturated carbocycles. The van der Waals surface area contributed by atoms with E-state index in [1.165, 1.54) is 39.0 Å². The zero-order valence-electron chi connectivity index (χ0n) is 12.6. The first kappa shape index (κ1) is 16.7. The predicted molar refractivity (Wildman–Crippen MR) is 77.4 cm³/mol. The first-order chi connectivity index (χ1) is 9.56. The quantitative estimate of drug-likeness (QED) is 0.396. The maximum atomic E-state index is 11.6. The molecule has 0 radical (unpaired) electrons. The van der Waals surface area contributed by atoms with Crippen molar-refractivity contribution in [3.05, 3.63) is 11.3 Å². The smallest absolute Gasteiger partial charge is 0.345 e. The summed E-state index contributed by atoms with van der Waals surface area (Å²) in [4.78, 5) is 22.8. The summed E-state index contributed by atoms with van der Waals surface area (Å²) >= 11 is 0. The first-order valence-electron chi connectivity index (χ1n) is 7.70. The van der Waals surface area contributed by atoms with E-state index in [4.69, 9.17) is 4.74 Å². The molecule has 0 aromatic rings. The monoisotopic (exact) mass is 282 g/mol. The minimum atomic E-state index is -0.672. The molecule has 4 heteroatoms. The molecule has 0 aromatic heterocycles. The fourth-order valence-electron chi connectivity index (χ4n) is 2.52. The van der Waals surface area contributed by atoms with E-state index in [1.807, 2.05) is 0 Å². The number of carbonyl (C=O) groups is 2. The van der Waals surface area contributed by atoms with E-state index in [-0.39, 0.29) is 23.9 Å². The largest absolute Gasteiger partial charge is 0.511 e. The van der Waals surface area contributed by atoms with Crippen molar-refractivity contribution in [1.29, 1.82) is 0 Å². The second-order valence-corrected chi connectivity index (χ2v) is 5.52. The summed E-state index contributed by atoms with van der Waals surface area (Å²) in [6.45, 7) is 3.47. The van der Waals surface area contributed by atoms with Crippen LogP contribution in [0.4, 0.5) is 0 Å². The van der Waals surface area contributed by atoms with Crippen molar-refractivity contribution in [1.82, 2.24) is 0 Å². The summed E-state index contributed by atoms with van der Waals surface area (Å²) in [7, 11) is 0. The highest BCUT2D eigenvalue weighted by atomic mass is 16.5. The third-order valence-corrected chi connectivity index (χ3v) is 3.67. The van der Waals surface area contributed by atoms with Gasteiger partial charge in [-0.05, 0) is 19.8 Å². The van der Waals surface area contributed by atoms with E-state index >= 15 is 0 Å². The SMILES string of the molecule is CCCCCCCCCC1CC(O)=C(C(C)=O)C(=O)O1. The molecule has 0 saturated heterocycles. The Morgan fingerprint density at radius 3 is 2.35 bits per heavy atom. The number of Topliss-reactive ketones (excluding diaryl/α,β-unsaturated/α-hetero) is 1. The van der Waals surface area contributed by atoms with Gasteiger partial charge in [-0.3, -0.25) is 4.79 Å². The maximum Gasteiger partial charge on any atom is 0.345 e. The Bertz CT molecular complexity index is 371. The minimum Gasteiger partial charge on any atom is -0.511 e. The number of hydrogen-bond acceptors (Lipinski definition) is 4. The molecule has 1 rings (SSSR count). The lowest BCUT2D eigenvalue weighted by atomic mass is 9.99. The molecule has 0 aromatic carbocycles. The van der Waals surface area contributed by atoms with Crippen LogP contribution in [0.5, 0.6) is 0 Å². The van der Waals surface area contributed by atoms with E-state index in [9.17, 15) is 14.7 Å². The van der Waals surface area contributed by atoms with Gasteiger partial charge >= 0.3 is 5.97 Å². The molecule has 20 heavy (non-hydrogen) atoms. The Labute approximate surface area is 121 Å². The molecular formula is C16H26O4. The molecule has 0 aliphatic carbocycles. The fourth-order valence-corrected chi connectivity index (χ4v) is 2.52. The molecule has 0 spiro atoms. The normalized spacial score (nSPS) is 19.1. The lowest BCUT2D eigenvalue weighted by molar-refractivity contribution is -0.148. The predicted octanol–water partition coefficient (Wildman–Crippen LogP) is 3.84. The summed E-state index contributed by atoms with van der Waals surface area (Å²) in [5.41, 5.74) is -0.180. The summed E-state index contributed by atoms with van der Waals surface area (Å²) in [5, 5.41) is 9.74. The van der Waals surface area contributed by atoms with E-state index in [0.29, 0.717) is 0 Å². The second-order valence-electron chi connectivity index (χ2n) is 5.52. The van der Waals surface area contributed by atoms with Gasteiger partial charge < -0.3 is 9.84 Å². The number of unbranched alkanes of at least 4 members (excludes halogenated alkanes) is 6. The van der Waals surface area contributed by atoms with Crippen LogP contribution in [0.15, 0.2) is 11.3 Å². The molecule has 1 unspecified atom stereocenters. The number of cyclic esters (lactones) is 1. The number of aliphatic hydroxyl groups is 1. The number of ketones is 1. The topological polar surface area (TPSA) is 63.6 Å². The standard InChI is InChI=1S/C16H26O4/c1-3-4-5-6-7-8-9-10-13-11-14(18)15(12(2)17)16(19)20-13/h13,18H,3-11H2,1-2H3. The number of esters is 1. The van der Waals surface area contributed by atoms with E-state index < -0.39 is 11.8 Å². The van der Waals surface area contributed by atoms with Crippen LogP contribution in [-0.4, -0.2) is 23.0 Å². The zero-order chi connectivity index (χ0) is 15.0. The van der Waals surface area contributed by atoms with Gasteiger partial charge in [0.2, 0.25) is 0 Å². The Morgan fingerprint density at radius 1 is 1.20 bits per heavy atom. The van der Waals surface area contributed by atoms with Crippen LogP contribution in [-0.2, 0) is 14.3 Å². The van der Waals surface area contributed by atoms with Crippen LogP contribution in [0.3, 0.4) is 0 Å². The summed E-state index contributed by atoms with van der Waals surface area (Å²) in [5.74, 6) is -1.21. The van der Waals surface area contributed by atoms with Crippen molar-refractivity contribution < 1.29 is 19.4 Å². The van der Waals surface area contributed by atoms with Crippen molar-refractivity contribution >= 4 is 11.8 Å². The molecule has 4 nitrogen and oxygen atoms in total. The summed E-state index contributed by atoms with van der Waals surface area (Å²) in [6.07, 6.45) is 9.19. The molecule has 1 atom stereocenters. The molecule has 114 valence electrons. The molecule has 0 bridgehead atoms. The second kappa shape index (κ2) is 8.77. The van der Waals surface area contributed by atoms with Gasteiger partial charge in [-0.1, -0.05) is 45.4 Å². The Morgan fingerprint density at radius 2 is 1.80 bits per heavy atom. The van der Waals surface area contributed by atoms with Gasteiger partial charge in [0, 0.05) is 6.42 Å². The Balaban J connectivity index is 2.24. The van der Waals surface area contributed by atoms with Gasteiger partial charge in [-0.15, -0.1) is 0 Å². The Hall–Kier alpha value is -1.32. The van der Waals surface area contributed by atoms with Gasteiger partial charge in [0.25, 0.3) is 0 Å². The van der Waals surface area contributed by atoms with Crippen LogP contribution in [0.1, 0.15) is 71.6 Å². The summed E-state index contributed by atoms with van der Waals surface area (Å²) < 4.78 is 5.20. The average Bonchev–Trinajstić information content (AvgIpc) is 2.36. The maximum absolute atomic E-state index is 11.6. The van der Waals surface area contributed by atoms with Crippen LogP contribution in [0.2, 0.25) is 0 Å². The van der Waals surface area contributed by atoms with E-state index in [2.05, 4.69) is 6.92 Å². The van der Waals surface area contributed by atoms with Gasteiger partial charge in [0.1, 0.15) is 17.4 Å². The Kier molecular flexibility index (Phi) is 7.34. The van der Waals surface area contributed by atoms with Crippen LogP contribution >= 0.6 is 0 Å². The highest BCUT2D eigenvalue weighted by molar-refractivity contribution is 6.17. The molecule has 1 aliphatic heterocycles. The third kappa shape index (κ3) is 5.35. The van der Waals surface area contributed by atoms with Crippen molar-refractivity contribution in [3.8, 4) is 0 Å². The van der Waals surface area contributed by atoms with Gasteiger partial charge in [-0.25, -0.2) is 4.79 Å². The van der Waals surface area contributed by atoms with Gasteiger partial charge in [0.05, 0.1) is 0 Å². The van der Waals surface area contributed by atoms with Crippen LogP contribution < -0.4 is 0 Å². The number of ether oxygens (including phenoxy) is 1. The highest BCUT2D eigenvalue weighted by Gasteiger charge is 2.31. The van der Waals surface area contributed by atoms with Gasteiger partial charge in [0.15, 0.2) is 5.78 Å². The summed E-state index contributed by atoms with van der Waals surface area (Å²) in [6, 6.07) is 0. The zero-order valence-corrected chi connectivity index (χ0v) is 12.6. The molecule has 1 N–H and O–H groups in total. The van der Waals surface area contributed by atoms with Crippen molar-refractivity contribution in [3.63, 3.8) is 0 Å². The van der Waals surface area contributed by atoms with Crippen LogP contribution in [0.25, 0.3) is 0 Å². The van der Waals surface area contributed by atoms with Gasteiger partial charge in [-0.2, -0.15) is 0 Å². The number of aliphatic hydroxyl groups excluding tert-OH is 1. The third-order valence-electron chi connectivity index (χ3n) is 3.67. The molecule has 1 aliphatic rings. The molecule has 0 fully saturated rings. The minimum absolute atomic E-state index is 0.110. The number of rotatable bonds is 9. The van der Waals surface area contributed by atoms with Crippen LogP contribution in [0, 0.1) is 0 Å². The number of carbonyl (C=O) groups excluding carboxylic acids is 2. The molecular weight excluding hydrogens is 256 g/mol. The lowest BCUT2D eigenvalue weighted by Gasteiger charge is -2.23. The molecule has 0 amide bonds. The average molecular weight is 282 g/mol. The number of hydrogen-bond donors (Lipinski definition) is 1.